The summed E-state index contributed by atoms with van der Waals surface area (Å²) in [7, 11) is 0. The van der Waals surface area contributed by atoms with Gasteiger partial charge in [0, 0.05) is 25.8 Å². The van der Waals surface area contributed by atoms with Crippen molar-refractivity contribution in [1.29, 1.82) is 0 Å². The van der Waals surface area contributed by atoms with Gasteiger partial charge in [0.2, 0.25) is 5.91 Å². The average molecular weight is 200 g/mol. The third kappa shape index (κ3) is 2.45. The van der Waals surface area contributed by atoms with Gasteiger partial charge in [-0.3, -0.25) is 4.79 Å². The van der Waals surface area contributed by atoms with Gasteiger partial charge in [0.25, 0.3) is 0 Å². The van der Waals surface area contributed by atoms with Crippen molar-refractivity contribution in [2.75, 3.05) is 19.8 Å². The lowest BCUT2D eigenvalue weighted by Gasteiger charge is -2.35. The molecule has 0 unspecified atom stereocenters. The molecular weight excluding hydrogens is 180 g/mol. The Hall–Kier alpha value is -0.610. The zero-order valence-electron chi connectivity index (χ0n) is 9.01. The minimum atomic E-state index is -0.386. The highest BCUT2D eigenvalue weighted by Crippen LogP contribution is 2.29. The van der Waals surface area contributed by atoms with Crippen LogP contribution in [0.1, 0.15) is 26.7 Å². The maximum atomic E-state index is 11.9. The summed E-state index contributed by atoms with van der Waals surface area (Å²) >= 11 is 0. The molecule has 3 N–H and O–H groups in total. The topological polar surface area (TPSA) is 64.4 Å². The van der Waals surface area contributed by atoms with Crippen molar-refractivity contribution in [3.05, 3.63) is 0 Å². The van der Waals surface area contributed by atoms with Gasteiger partial charge in [-0.15, -0.1) is 0 Å². The first kappa shape index (κ1) is 11.5. The minimum absolute atomic E-state index is 0.0818. The molecule has 0 aromatic heterocycles. The lowest BCUT2D eigenvalue weighted by atomic mass is 9.79. The molecule has 0 aromatic carbocycles. The van der Waals surface area contributed by atoms with Crippen LogP contribution in [0.5, 0.6) is 0 Å². The van der Waals surface area contributed by atoms with Crippen molar-refractivity contribution in [1.82, 2.24) is 5.32 Å². The molecular formula is C10H20N2O2. The van der Waals surface area contributed by atoms with Crippen LogP contribution < -0.4 is 11.1 Å². The Morgan fingerprint density at radius 2 is 2.07 bits per heavy atom. The van der Waals surface area contributed by atoms with Crippen molar-refractivity contribution in [2.45, 2.75) is 32.7 Å². The number of carbonyl (C=O) groups is 1. The smallest absolute Gasteiger partial charge is 0.227 e. The predicted octanol–water partition coefficient (Wildman–Crippen LogP) is 0.267. The van der Waals surface area contributed by atoms with E-state index in [1.165, 1.54) is 0 Å². The van der Waals surface area contributed by atoms with Crippen LogP contribution in [0.2, 0.25) is 0 Å². The van der Waals surface area contributed by atoms with Crippen LogP contribution in [0.3, 0.4) is 0 Å². The maximum absolute atomic E-state index is 11.9. The van der Waals surface area contributed by atoms with Gasteiger partial charge in [0.05, 0.1) is 5.41 Å². The van der Waals surface area contributed by atoms with Crippen LogP contribution in [-0.4, -0.2) is 31.7 Å². The number of hydrogen-bond donors (Lipinski definition) is 2. The number of nitrogens with two attached hydrogens (primary N) is 1. The molecule has 0 atom stereocenters. The van der Waals surface area contributed by atoms with Crippen LogP contribution in [0.15, 0.2) is 0 Å². The van der Waals surface area contributed by atoms with Crippen molar-refractivity contribution in [3.63, 3.8) is 0 Å². The first-order chi connectivity index (χ1) is 6.60. The van der Waals surface area contributed by atoms with Gasteiger partial charge in [0.1, 0.15) is 0 Å². The summed E-state index contributed by atoms with van der Waals surface area (Å²) in [4.78, 5) is 11.9. The van der Waals surface area contributed by atoms with E-state index in [2.05, 4.69) is 5.32 Å². The van der Waals surface area contributed by atoms with Crippen LogP contribution in [-0.2, 0) is 9.53 Å². The van der Waals surface area contributed by atoms with Crippen molar-refractivity contribution in [2.24, 2.45) is 11.1 Å². The number of amides is 1. The summed E-state index contributed by atoms with van der Waals surface area (Å²) in [5, 5.41) is 2.93. The minimum Gasteiger partial charge on any atom is -0.381 e. The summed E-state index contributed by atoms with van der Waals surface area (Å²) in [6.07, 6.45) is 1.48. The van der Waals surface area contributed by atoms with Gasteiger partial charge in [-0.1, -0.05) is 0 Å². The fraction of sp³-hybridized carbons (Fsp3) is 0.900. The molecule has 0 radical (unpaired) electrons. The van der Waals surface area contributed by atoms with E-state index >= 15 is 0 Å². The summed E-state index contributed by atoms with van der Waals surface area (Å²) in [6, 6.07) is 0.175. The van der Waals surface area contributed by atoms with Gasteiger partial charge in [-0.2, -0.15) is 0 Å². The quantitative estimate of drug-likeness (QED) is 0.687. The normalized spacial score (nSPS) is 20.9. The summed E-state index contributed by atoms with van der Waals surface area (Å²) in [6.45, 7) is 5.61. The molecule has 1 aliphatic rings. The number of carbonyl (C=O) groups excluding carboxylic acids is 1. The van der Waals surface area contributed by atoms with Crippen LogP contribution in [0.25, 0.3) is 0 Å². The lowest BCUT2D eigenvalue weighted by Crippen LogP contribution is -2.50. The molecule has 0 spiro atoms. The third-order valence-corrected chi connectivity index (χ3v) is 2.74. The van der Waals surface area contributed by atoms with Gasteiger partial charge < -0.3 is 15.8 Å². The van der Waals surface area contributed by atoms with E-state index in [0.717, 1.165) is 12.8 Å². The third-order valence-electron chi connectivity index (χ3n) is 2.74. The Labute approximate surface area is 85.2 Å². The fourth-order valence-corrected chi connectivity index (χ4v) is 1.70. The Kier molecular flexibility index (Phi) is 3.89. The monoisotopic (exact) mass is 200 g/mol. The summed E-state index contributed by atoms with van der Waals surface area (Å²) in [5.41, 5.74) is 5.31. The highest BCUT2D eigenvalue weighted by Gasteiger charge is 2.38. The predicted molar refractivity (Wildman–Crippen MR) is 54.8 cm³/mol. The van der Waals surface area contributed by atoms with Gasteiger partial charge in [0.15, 0.2) is 0 Å². The molecule has 0 aromatic rings. The molecule has 4 heteroatoms. The molecule has 1 fully saturated rings. The second kappa shape index (κ2) is 4.75. The van der Waals surface area contributed by atoms with Gasteiger partial charge in [-0.05, 0) is 26.7 Å². The van der Waals surface area contributed by atoms with E-state index in [1.807, 2.05) is 13.8 Å². The SMILES string of the molecule is CC(C)NC(=O)C1(CN)CCOCC1. The second-order valence-electron chi connectivity index (χ2n) is 4.22. The van der Waals surface area contributed by atoms with Crippen LogP contribution in [0.4, 0.5) is 0 Å². The number of hydrogen-bond acceptors (Lipinski definition) is 3. The molecule has 1 aliphatic heterocycles. The highest BCUT2D eigenvalue weighted by atomic mass is 16.5. The molecule has 4 nitrogen and oxygen atoms in total. The maximum Gasteiger partial charge on any atom is 0.227 e. The molecule has 0 aliphatic carbocycles. The van der Waals surface area contributed by atoms with E-state index < -0.39 is 0 Å². The zero-order valence-corrected chi connectivity index (χ0v) is 9.01. The molecule has 1 amide bonds. The largest absolute Gasteiger partial charge is 0.381 e. The first-order valence-corrected chi connectivity index (χ1v) is 5.19. The Morgan fingerprint density at radius 3 is 2.50 bits per heavy atom. The van der Waals surface area contributed by atoms with Gasteiger partial charge in [-0.25, -0.2) is 0 Å². The highest BCUT2D eigenvalue weighted by molar-refractivity contribution is 5.83. The average Bonchev–Trinajstić information content (AvgIpc) is 2.18. The van der Waals surface area contributed by atoms with Crippen molar-refractivity contribution in [3.8, 4) is 0 Å². The Bertz CT molecular complexity index is 198. The zero-order chi connectivity index (χ0) is 10.6. The van der Waals surface area contributed by atoms with Crippen molar-refractivity contribution >= 4 is 5.91 Å². The molecule has 1 heterocycles. The molecule has 1 rings (SSSR count). The van der Waals surface area contributed by atoms with E-state index in [9.17, 15) is 4.79 Å². The van der Waals surface area contributed by atoms with Crippen LogP contribution >= 0.6 is 0 Å². The van der Waals surface area contributed by atoms with E-state index in [0.29, 0.717) is 19.8 Å². The second-order valence-corrected chi connectivity index (χ2v) is 4.22. The molecule has 14 heavy (non-hydrogen) atoms. The lowest BCUT2D eigenvalue weighted by molar-refractivity contribution is -0.136. The van der Waals surface area contributed by atoms with E-state index in [-0.39, 0.29) is 17.4 Å². The Morgan fingerprint density at radius 1 is 1.50 bits per heavy atom. The first-order valence-electron chi connectivity index (χ1n) is 5.19. The van der Waals surface area contributed by atoms with Crippen molar-refractivity contribution < 1.29 is 9.53 Å². The summed E-state index contributed by atoms with van der Waals surface area (Å²) < 4.78 is 5.25. The standard InChI is InChI=1S/C10H20N2O2/c1-8(2)12-9(13)10(7-11)3-5-14-6-4-10/h8H,3-7,11H2,1-2H3,(H,12,13). The number of nitrogens with one attached hydrogen (secondary N) is 1. The van der Waals surface area contributed by atoms with Crippen LogP contribution in [0, 0.1) is 5.41 Å². The molecule has 0 bridgehead atoms. The van der Waals surface area contributed by atoms with E-state index in [1.54, 1.807) is 0 Å². The summed E-state index contributed by atoms with van der Waals surface area (Å²) in [5.74, 6) is 0.0818. The number of rotatable bonds is 3. The molecule has 1 saturated heterocycles. The van der Waals surface area contributed by atoms with E-state index in [4.69, 9.17) is 10.5 Å². The fourth-order valence-electron chi connectivity index (χ4n) is 1.70. The van der Waals surface area contributed by atoms with Gasteiger partial charge >= 0.3 is 0 Å². The Balaban J connectivity index is 2.62. The molecule has 82 valence electrons. The molecule has 0 saturated carbocycles. The number of ether oxygens (including phenoxy) is 1.